The summed E-state index contributed by atoms with van der Waals surface area (Å²) in [5.74, 6) is 0. The molecule has 1 unspecified atom stereocenters. The van der Waals surface area contributed by atoms with Crippen molar-refractivity contribution in [3.05, 3.63) is 46.6 Å². The van der Waals surface area contributed by atoms with Gasteiger partial charge in [-0.15, -0.1) is 0 Å². The van der Waals surface area contributed by atoms with Crippen LogP contribution in [0, 0.1) is 0 Å². The van der Waals surface area contributed by atoms with Crippen LogP contribution in [0.1, 0.15) is 31.7 Å². The number of alkyl carbamates (subject to hydrolysis) is 1. The van der Waals surface area contributed by atoms with Gasteiger partial charge in [0.2, 0.25) is 0 Å². The molecule has 0 saturated carbocycles. The highest BCUT2D eigenvalue weighted by Crippen LogP contribution is 2.25. The maximum atomic E-state index is 11.4. The maximum Gasteiger partial charge on any atom is 0.412 e. The fraction of sp³-hybridized carbons (Fsp3) is 0.400. The van der Waals surface area contributed by atoms with Crippen molar-refractivity contribution in [1.29, 1.82) is 0 Å². The Balaban J connectivity index is 2.02. The summed E-state index contributed by atoms with van der Waals surface area (Å²) in [6.07, 6.45) is 2.68. The van der Waals surface area contributed by atoms with E-state index in [1.165, 1.54) is 5.56 Å². The van der Waals surface area contributed by atoms with E-state index in [-0.39, 0.29) is 6.10 Å². The molecule has 1 aliphatic rings. The highest BCUT2D eigenvalue weighted by atomic mass is 35.5. The van der Waals surface area contributed by atoms with Gasteiger partial charge in [0.05, 0.1) is 5.70 Å². The minimum atomic E-state index is -0.401. The van der Waals surface area contributed by atoms with E-state index in [2.05, 4.69) is 24.4 Å². The minimum Gasteiger partial charge on any atom is -0.440 e. The molecule has 19 heavy (non-hydrogen) atoms. The lowest BCUT2D eigenvalue weighted by Crippen LogP contribution is -2.15. The molecule has 1 N–H and O–H groups in total. The summed E-state index contributed by atoms with van der Waals surface area (Å²) in [5, 5.41) is 3.41. The van der Waals surface area contributed by atoms with E-state index in [4.69, 9.17) is 16.3 Å². The second-order valence-corrected chi connectivity index (χ2v) is 5.07. The Kier molecular flexibility index (Phi) is 4.86. The number of amides is 1. The molecule has 1 fully saturated rings. The van der Waals surface area contributed by atoms with Crippen LogP contribution >= 0.6 is 11.6 Å². The fourth-order valence-corrected chi connectivity index (χ4v) is 2.51. The van der Waals surface area contributed by atoms with Gasteiger partial charge in [0.25, 0.3) is 0 Å². The van der Waals surface area contributed by atoms with Crippen molar-refractivity contribution in [2.75, 3.05) is 0 Å². The molecular weight excluding hydrogens is 262 g/mol. The molecule has 0 bridgehead atoms. The second-order valence-electron chi connectivity index (χ2n) is 4.61. The average molecular weight is 280 g/mol. The summed E-state index contributed by atoms with van der Waals surface area (Å²) >= 11 is 6.21. The number of ether oxygens (including phenoxy) is 1. The first-order chi connectivity index (χ1) is 9.20. The van der Waals surface area contributed by atoms with E-state index >= 15 is 0 Å². The summed E-state index contributed by atoms with van der Waals surface area (Å²) in [6, 6.07) is 10.1. The molecule has 0 aromatic heterocycles. The largest absolute Gasteiger partial charge is 0.440 e. The molecule has 102 valence electrons. The second kappa shape index (κ2) is 6.62. The van der Waals surface area contributed by atoms with Crippen LogP contribution in [0.4, 0.5) is 4.79 Å². The summed E-state index contributed by atoms with van der Waals surface area (Å²) in [4.78, 5) is 11.4. The third-order valence-electron chi connectivity index (χ3n) is 3.11. The third-order valence-corrected chi connectivity index (χ3v) is 3.50. The molecule has 1 aromatic rings. The van der Waals surface area contributed by atoms with Crippen LogP contribution in [0.3, 0.4) is 0 Å². The number of rotatable bonds is 5. The Morgan fingerprint density at radius 1 is 1.37 bits per heavy atom. The summed E-state index contributed by atoms with van der Waals surface area (Å²) in [6.45, 7) is 2.06. The molecular formula is C15H18ClNO2. The van der Waals surface area contributed by atoms with Crippen molar-refractivity contribution in [2.24, 2.45) is 0 Å². The van der Waals surface area contributed by atoms with Crippen LogP contribution in [-0.2, 0) is 11.2 Å². The van der Waals surface area contributed by atoms with Crippen molar-refractivity contribution >= 4 is 17.7 Å². The van der Waals surface area contributed by atoms with Crippen LogP contribution in [-0.4, -0.2) is 12.2 Å². The standard InChI is InChI=1S/C15H18ClNO2/c1-2-6-12(16)14-13(19-15(18)17-14)10-9-11-7-4-3-5-8-11/h3-5,7-8,13H,2,6,9-10H2,1H3,(H,17,18)/b14-12-. The predicted molar refractivity (Wildman–Crippen MR) is 76.0 cm³/mol. The number of hydrogen-bond acceptors (Lipinski definition) is 2. The van der Waals surface area contributed by atoms with Gasteiger partial charge < -0.3 is 4.74 Å². The highest BCUT2D eigenvalue weighted by molar-refractivity contribution is 6.30. The molecule has 1 amide bonds. The topological polar surface area (TPSA) is 38.3 Å². The van der Waals surface area contributed by atoms with Crippen LogP contribution < -0.4 is 5.32 Å². The van der Waals surface area contributed by atoms with E-state index < -0.39 is 6.09 Å². The lowest BCUT2D eigenvalue weighted by Gasteiger charge is -2.11. The Hall–Kier alpha value is -1.48. The van der Waals surface area contributed by atoms with E-state index in [0.29, 0.717) is 5.03 Å². The van der Waals surface area contributed by atoms with Crippen LogP contribution in [0.5, 0.6) is 0 Å². The number of allylic oxidation sites excluding steroid dienone is 1. The monoisotopic (exact) mass is 279 g/mol. The molecule has 0 radical (unpaired) electrons. The normalized spacial score (nSPS) is 20.9. The Bertz CT molecular complexity index is 470. The molecule has 2 rings (SSSR count). The van der Waals surface area contributed by atoms with Gasteiger partial charge in [0.15, 0.2) is 0 Å². The van der Waals surface area contributed by atoms with Gasteiger partial charge in [0.1, 0.15) is 6.10 Å². The van der Waals surface area contributed by atoms with Crippen molar-refractivity contribution in [1.82, 2.24) is 5.32 Å². The first kappa shape index (κ1) is 13.9. The lowest BCUT2D eigenvalue weighted by molar-refractivity contribution is 0.141. The zero-order valence-corrected chi connectivity index (χ0v) is 11.7. The molecule has 1 aromatic carbocycles. The van der Waals surface area contributed by atoms with Crippen LogP contribution in [0.15, 0.2) is 41.1 Å². The number of hydrogen-bond donors (Lipinski definition) is 1. The van der Waals surface area contributed by atoms with Gasteiger partial charge in [-0.2, -0.15) is 0 Å². The van der Waals surface area contributed by atoms with Crippen molar-refractivity contribution in [3.8, 4) is 0 Å². The zero-order valence-electron chi connectivity index (χ0n) is 11.0. The van der Waals surface area contributed by atoms with Gasteiger partial charge >= 0.3 is 6.09 Å². The van der Waals surface area contributed by atoms with Gasteiger partial charge in [0, 0.05) is 5.03 Å². The number of carbonyl (C=O) groups is 1. The smallest absolute Gasteiger partial charge is 0.412 e. The van der Waals surface area contributed by atoms with E-state index in [1.54, 1.807) is 0 Å². The first-order valence-electron chi connectivity index (χ1n) is 6.60. The lowest BCUT2D eigenvalue weighted by atomic mass is 10.0. The highest BCUT2D eigenvalue weighted by Gasteiger charge is 2.30. The summed E-state index contributed by atoms with van der Waals surface area (Å²) < 4.78 is 5.27. The van der Waals surface area contributed by atoms with Crippen LogP contribution in [0.25, 0.3) is 0 Å². The van der Waals surface area contributed by atoms with Gasteiger partial charge in [-0.1, -0.05) is 55.3 Å². The molecule has 0 spiro atoms. The Morgan fingerprint density at radius 3 is 2.79 bits per heavy atom. The Morgan fingerprint density at radius 2 is 2.11 bits per heavy atom. The molecule has 1 aliphatic heterocycles. The number of benzene rings is 1. The number of halogens is 1. The molecule has 4 heteroatoms. The number of carbonyl (C=O) groups excluding carboxylic acids is 1. The summed E-state index contributed by atoms with van der Waals surface area (Å²) in [5.41, 5.74) is 1.97. The number of nitrogens with one attached hydrogen (secondary N) is 1. The first-order valence-corrected chi connectivity index (χ1v) is 6.98. The third kappa shape index (κ3) is 3.74. The zero-order chi connectivity index (χ0) is 13.7. The fourth-order valence-electron chi connectivity index (χ4n) is 2.15. The van der Waals surface area contributed by atoms with E-state index in [1.807, 2.05) is 18.2 Å². The van der Waals surface area contributed by atoms with Gasteiger partial charge in [-0.05, 0) is 24.8 Å². The van der Waals surface area contributed by atoms with Gasteiger partial charge in [-0.3, -0.25) is 5.32 Å². The average Bonchev–Trinajstić information content (AvgIpc) is 2.79. The van der Waals surface area contributed by atoms with Crippen molar-refractivity contribution < 1.29 is 9.53 Å². The van der Waals surface area contributed by atoms with E-state index in [0.717, 1.165) is 31.4 Å². The molecule has 1 saturated heterocycles. The predicted octanol–water partition coefficient (Wildman–Crippen LogP) is 3.98. The molecule has 3 nitrogen and oxygen atoms in total. The van der Waals surface area contributed by atoms with Crippen molar-refractivity contribution in [3.63, 3.8) is 0 Å². The van der Waals surface area contributed by atoms with Crippen molar-refractivity contribution in [2.45, 2.75) is 38.7 Å². The number of cyclic esters (lactones) is 1. The molecule has 1 heterocycles. The minimum absolute atomic E-state index is 0.244. The van der Waals surface area contributed by atoms with Crippen LogP contribution in [0.2, 0.25) is 0 Å². The summed E-state index contributed by atoms with van der Waals surface area (Å²) in [7, 11) is 0. The van der Waals surface area contributed by atoms with Gasteiger partial charge in [-0.25, -0.2) is 4.79 Å². The molecule has 1 atom stereocenters. The number of aryl methyl sites for hydroxylation is 1. The Labute approximate surface area is 118 Å². The molecule has 0 aliphatic carbocycles. The maximum absolute atomic E-state index is 11.4. The van der Waals surface area contributed by atoms with E-state index in [9.17, 15) is 4.79 Å². The quantitative estimate of drug-likeness (QED) is 0.885. The SMILES string of the molecule is CCC/C(Cl)=C1/NC(=O)OC1CCc1ccccc1.